The minimum atomic E-state index is -0.776. The van der Waals surface area contributed by atoms with Crippen LogP contribution in [0.4, 0.5) is 0 Å². The number of amides is 1. The van der Waals surface area contributed by atoms with Gasteiger partial charge in [-0.2, -0.15) is 0 Å². The average Bonchev–Trinajstić information content (AvgIpc) is 2.90. The van der Waals surface area contributed by atoms with E-state index in [4.69, 9.17) is 5.11 Å². The third-order valence-electron chi connectivity index (χ3n) is 4.63. The summed E-state index contributed by atoms with van der Waals surface area (Å²) in [5.41, 5.74) is 0.261. The summed E-state index contributed by atoms with van der Waals surface area (Å²) >= 11 is 0. The molecule has 1 amide bonds. The van der Waals surface area contributed by atoms with Crippen LogP contribution in [0.25, 0.3) is 0 Å². The summed E-state index contributed by atoms with van der Waals surface area (Å²) in [6.07, 6.45) is 3.21. The third kappa shape index (κ3) is 1.73. The smallest absolute Gasteiger partial charge is 0.310 e. The van der Waals surface area contributed by atoms with Crippen LogP contribution in [0.1, 0.15) is 19.3 Å². The number of nitrogens with zero attached hydrogens (tertiary/aromatic N) is 1. The van der Waals surface area contributed by atoms with E-state index < -0.39 is 5.97 Å². The first-order valence-electron chi connectivity index (χ1n) is 6.35. The minimum Gasteiger partial charge on any atom is -0.481 e. The fourth-order valence-corrected chi connectivity index (χ4v) is 3.21. The van der Waals surface area contributed by atoms with Crippen molar-refractivity contribution in [1.82, 2.24) is 10.2 Å². The quantitative estimate of drug-likeness (QED) is 0.706. The first-order chi connectivity index (χ1) is 8.12. The van der Waals surface area contributed by atoms with Gasteiger partial charge in [0.1, 0.15) is 0 Å². The highest BCUT2D eigenvalue weighted by molar-refractivity contribution is 5.85. The van der Waals surface area contributed by atoms with E-state index in [9.17, 15) is 9.59 Å². The van der Waals surface area contributed by atoms with Crippen molar-refractivity contribution in [3.63, 3.8) is 0 Å². The second-order valence-electron chi connectivity index (χ2n) is 5.65. The zero-order valence-electron chi connectivity index (χ0n) is 9.82. The lowest BCUT2D eigenvalue weighted by Gasteiger charge is -2.37. The minimum absolute atomic E-state index is 0.180. The number of hydrogen-bond donors (Lipinski definition) is 2. The van der Waals surface area contributed by atoms with Crippen molar-refractivity contribution >= 4 is 11.9 Å². The fourth-order valence-electron chi connectivity index (χ4n) is 3.21. The van der Waals surface area contributed by atoms with Crippen molar-refractivity contribution in [1.29, 1.82) is 0 Å². The van der Waals surface area contributed by atoms with Crippen LogP contribution in [0.2, 0.25) is 0 Å². The SMILES string of the molecule is O=C(O)C1CN(C(=O)C2CC23CCNCC3)C1. The Hall–Kier alpha value is -1.10. The van der Waals surface area contributed by atoms with Crippen molar-refractivity contribution < 1.29 is 14.7 Å². The van der Waals surface area contributed by atoms with Gasteiger partial charge in [0.15, 0.2) is 0 Å². The molecule has 94 valence electrons. The number of carbonyl (C=O) groups excluding carboxylic acids is 1. The van der Waals surface area contributed by atoms with E-state index in [2.05, 4.69) is 5.32 Å². The standard InChI is InChI=1S/C12H18N2O3/c15-10(14-6-8(7-14)11(16)17)9-5-12(9)1-3-13-4-2-12/h8-9,13H,1-7H2,(H,16,17). The van der Waals surface area contributed by atoms with E-state index >= 15 is 0 Å². The van der Waals surface area contributed by atoms with Gasteiger partial charge in [0, 0.05) is 19.0 Å². The van der Waals surface area contributed by atoms with Gasteiger partial charge in [0.25, 0.3) is 0 Å². The Morgan fingerprint density at radius 1 is 1.24 bits per heavy atom. The second kappa shape index (κ2) is 3.70. The van der Waals surface area contributed by atoms with Gasteiger partial charge in [-0.1, -0.05) is 0 Å². The molecule has 3 rings (SSSR count). The molecule has 2 saturated heterocycles. The molecule has 1 unspecified atom stereocenters. The molecule has 5 heteroatoms. The zero-order valence-corrected chi connectivity index (χ0v) is 9.82. The maximum absolute atomic E-state index is 12.1. The molecule has 3 fully saturated rings. The van der Waals surface area contributed by atoms with Crippen molar-refractivity contribution in [2.24, 2.45) is 17.3 Å². The van der Waals surface area contributed by atoms with E-state index in [0.717, 1.165) is 32.4 Å². The van der Waals surface area contributed by atoms with E-state index in [0.29, 0.717) is 13.1 Å². The molecule has 2 aliphatic heterocycles. The summed E-state index contributed by atoms with van der Waals surface area (Å²) in [7, 11) is 0. The van der Waals surface area contributed by atoms with Gasteiger partial charge >= 0.3 is 5.97 Å². The normalized spacial score (nSPS) is 31.1. The van der Waals surface area contributed by atoms with Crippen molar-refractivity contribution in [2.75, 3.05) is 26.2 Å². The van der Waals surface area contributed by atoms with Gasteiger partial charge in [-0.3, -0.25) is 9.59 Å². The van der Waals surface area contributed by atoms with Crippen LogP contribution in [0.15, 0.2) is 0 Å². The van der Waals surface area contributed by atoms with E-state index in [-0.39, 0.29) is 23.2 Å². The molecule has 1 atom stereocenters. The Bertz CT molecular complexity index is 357. The molecule has 1 spiro atoms. The molecule has 0 aromatic heterocycles. The maximum Gasteiger partial charge on any atom is 0.310 e. The molecule has 1 saturated carbocycles. The number of carbonyl (C=O) groups is 2. The monoisotopic (exact) mass is 238 g/mol. The van der Waals surface area contributed by atoms with E-state index in [1.54, 1.807) is 4.90 Å². The second-order valence-corrected chi connectivity index (χ2v) is 5.65. The third-order valence-corrected chi connectivity index (χ3v) is 4.63. The molecule has 0 bridgehead atoms. The number of likely N-dealkylation sites (tertiary alicyclic amines) is 1. The molecule has 2 heterocycles. The van der Waals surface area contributed by atoms with Crippen LogP contribution in [-0.4, -0.2) is 48.1 Å². The van der Waals surface area contributed by atoms with Crippen LogP contribution in [0.5, 0.6) is 0 Å². The highest BCUT2D eigenvalue weighted by atomic mass is 16.4. The molecule has 2 N–H and O–H groups in total. The van der Waals surface area contributed by atoms with Crippen LogP contribution >= 0.6 is 0 Å². The lowest BCUT2D eigenvalue weighted by atomic mass is 9.90. The van der Waals surface area contributed by atoms with E-state index in [1.165, 1.54) is 0 Å². The lowest BCUT2D eigenvalue weighted by Crippen LogP contribution is -2.54. The molecule has 0 aromatic carbocycles. The average molecular weight is 238 g/mol. The topological polar surface area (TPSA) is 69.6 Å². The van der Waals surface area contributed by atoms with Crippen molar-refractivity contribution in [2.45, 2.75) is 19.3 Å². The molecule has 3 aliphatic rings. The van der Waals surface area contributed by atoms with Gasteiger partial charge in [-0.15, -0.1) is 0 Å². The summed E-state index contributed by atoms with van der Waals surface area (Å²) in [6, 6.07) is 0. The Balaban J connectivity index is 1.54. The fraction of sp³-hybridized carbons (Fsp3) is 0.833. The number of aliphatic carboxylic acids is 1. The summed E-state index contributed by atoms with van der Waals surface area (Å²) in [4.78, 5) is 24.5. The highest BCUT2D eigenvalue weighted by Crippen LogP contribution is 2.59. The predicted molar refractivity (Wildman–Crippen MR) is 60.3 cm³/mol. The number of carboxylic acids is 1. The first kappa shape index (κ1) is 11.0. The first-order valence-corrected chi connectivity index (χ1v) is 6.35. The predicted octanol–water partition coefficient (Wildman–Crippen LogP) is -0.0809. The van der Waals surface area contributed by atoms with Crippen LogP contribution in [0, 0.1) is 17.3 Å². The number of piperidine rings is 1. The zero-order chi connectivity index (χ0) is 12.0. The molecule has 17 heavy (non-hydrogen) atoms. The van der Waals surface area contributed by atoms with Gasteiger partial charge in [0.05, 0.1) is 5.92 Å². The Morgan fingerprint density at radius 2 is 1.88 bits per heavy atom. The van der Waals surface area contributed by atoms with Gasteiger partial charge in [-0.05, 0) is 37.8 Å². The molecular formula is C12H18N2O3. The highest BCUT2D eigenvalue weighted by Gasteiger charge is 2.59. The maximum atomic E-state index is 12.1. The number of rotatable bonds is 2. The van der Waals surface area contributed by atoms with Gasteiger partial charge in [-0.25, -0.2) is 0 Å². The number of nitrogens with one attached hydrogen (secondary N) is 1. The summed E-state index contributed by atoms with van der Waals surface area (Å²) in [5, 5.41) is 12.1. The molecule has 0 aromatic rings. The summed E-state index contributed by atoms with van der Waals surface area (Å²) in [5.74, 6) is -0.730. The van der Waals surface area contributed by atoms with Crippen LogP contribution in [0.3, 0.4) is 0 Å². The van der Waals surface area contributed by atoms with Gasteiger partial charge < -0.3 is 15.3 Å². The Morgan fingerprint density at radius 3 is 2.47 bits per heavy atom. The Labute approximate surface area is 100 Å². The molecular weight excluding hydrogens is 220 g/mol. The summed E-state index contributed by atoms with van der Waals surface area (Å²) < 4.78 is 0. The van der Waals surface area contributed by atoms with Crippen molar-refractivity contribution in [3.05, 3.63) is 0 Å². The molecule has 0 radical (unpaired) electrons. The summed E-state index contributed by atoms with van der Waals surface area (Å²) in [6.45, 7) is 2.86. The largest absolute Gasteiger partial charge is 0.481 e. The lowest BCUT2D eigenvalue weighted by molar-refractivity contribution is -0.153. The van der Waals surface area contributed by atoms with Crippen LogP contribution < -0.4 is 5.32 Å². The molecule has 1 aliphatic carbocycles. The molecule has 5 nitrogen and oxygen atoms in total. The van der Waals surface area contributed by atoms with Gasteiger partial charge in [0.2, 0.25) is 5.91 Å². The Kier molecular flexibility index (Phi) is 2.40. The number of hydrogen-bond acceptors (Lipinski definition) is 3. The number of carboxylic acid groups (broad SMARTS) is 1. The van der Waals surface area contributed by atoms with E-state index in [1.807, 2.05) is 0 Å². The van der Waals surface area contributed by atoms with Crippen molar-refractivity contribution in [3.8, 4) is 0 Å². The van der Waals surface area contributed by atoms with Crippen LogP contribution in [-0.2, 0) is 9.59 Å².